The highest BCUT2D eigenvalue weighted by molar-refractivity contribution is 5.98. The number of carbonyl (C=O) groups excluding carboxylic acids is 1. The monoisotopic (exact) mass is 421 g/mol. The molecule has 0 saturated carbocycles. The Morgan fingerprint density at radius 1 is 1.40 bits per heavy atom. The number of nitrogens with zero attached hydrogens (tertiary/aromatic N) is 1. The molecule has 2 unspecified atom stereocenters. The largest absolute Gasteiger partial charge is 0.390 e. The molecule has 0 aromatic rings. The minimum atomic E-state index is -3.13. The van der Waals surface area contributed by atoms with Crippen molar-refractivity contribution in [3.8, 4) is 0 Å². The topological polar surface area (TPSA) is 87.7 Å². The molecule has 0 fully saturated rings. The van der Waals surface area contributed by atoms with E-state index in [2.05, 4.69) is 5.32 Å². The molecule has 0 aromatic carbocycles. The van der Waals surface area contributed by atoms with Crippen molar-refractivity contribution >= 4 is 11.6 Å². The smallest absolute Gasteiger partial charge is 0.270 e. The highest BCUT2D eigenvalue weighted by atomic mass is 19.3. The van der Waals surface area contributed by atoms with Crippen molar-refractivity contribution in [3.63, 3.8) is 0 Å². The van der Waals surface area contributed by atoms with E-state index in [1.165, 1.54) is 12.2 Å². The fraction of sp³-hybridized carbons (Fsp3) is 0.455. The molecule has 0 radical (unpaired) electrons. The molecule has 3 aliphatic rings. The highest BCUT2D eigenvalue weighted by Crippen LogP contribution is 2.31. The fourth-order valence-corrected chi connectivity index (χ4v) is 3.81. The second-order valence-electron chi connectivity index (χ2n) is 7.84. The number of primary amides is 1. The third-order valence-electron chi connectivity index (χ3n) is 5.53. The maximum atomic E-state index is 13.5. The zero-order valence-electron chi connectivity index (χ0n) is 16.8. The van der Waals surface area contributed by atoms with E-state index in [4.69, 9.17) is 15.8 Å². The van der Waals surface area contributed by atoms with Crippen LogP contribution in [-0.2, 0) is 4.79 Å². The van der Waals surface area contributed by atoms with Gasteiger partial charge in [0.1, 0.15) is 12.4 Å². The van der Waals surface area contributed by atoms with E-state index in [9.17, 15) is 18.0 Å². The first-order chi connectivity index (χ1) is 14.2. The molecular weight excluding hydrogens is 395 g/mol. The van der Waals surface area contributed by atoms with Gasteiger partial charge in [-0.2, -0.15) is 0 Å². The van der Waals surface area contributed by atoms with Crippen LogP contribution in [0.2, 0.25) is 0 Å². The van der Waals surface area contributed by atoms with Crippen molar-refractivity contribution in [2.45, 2.75) is 51.0 Å². The van der Waals surface area contributed by atoms with Gasteiger partial charge in [-0.15, -0.1) is 0 Å². The number of hydrogen-bond donors (Lipinski definition) is 3. The van der Waals surface area contributed by atoms with Crippen molar-refractivity contribution in [1.82, 2.24) is 5.32 Å². The number of rotatable bonds is 7. The van der Waals surface area contributed by atoms with Crippen LogP contribution >= 0.6 is 0 Å². The molecule has 3 rings (SSSR count). The third-order valence-corrected chi connectivity index (χ3v) is 5.53. The first kappa shape index (κ1) is 22.1. The SMILES string of the molecule is CC1=C(C(N)=O)C=C2NC(CCCC(F)(F)CO)C(C3C=CC(F)=CC3)=NC2=CC1. The lowest BCUT2D eigenvalue weighted by Crippen LogP contribution is -2.43. The molecule has 1 heterocycles. The van der Waals surface area contributed by atoms with Gasteiger partial charge in [-0.3, -0.25) is 9.79 Å². The number of allylic oxidation sites excluding steroid dienone is 6. The van der Waals surface area contributed by atoms with E-state index in [0.717, 1.165) is 11.3 Å². The molecule has 8 heteroatoms. The molecule has 0 bridgehead atoms. The van der Waals surface area contributed by atoms with Gasteiger partial charge in [-0.25, -0.2) is 13.2 Å². The maximum Gasteiger partial charge on any atom is 0.270 e. The number of amides is 1. The number of fused-ring (bicyclic) bond motifs is 1. The molecule has 2 atom stereocenters. The van der Waals surface area contributed by atoms with Gasteiger partial charge in [-0.1, -0.05) is 17.7 Å². The molecule has 1 amide bonds. The second kappa shape index (κ2) is 9.04. The summed E-state index contributed by atoms with van der Waals surface area (Å²) in [6.45, 7) is 0.633. The molecule has 5 nitrogen and oxygen atoms in total. The Morgan fingerprint density at radius 3 is 2.80 bits per heavy atom. The first-order valence-corrected chi connectivity index (χ1v) is 9.99. The Labute approximate surface area is 173 Å². The Morgan fingerprint density at radius 2 is 2.17 bits per heavy atom. The van der Waals surface area contributed by atoms with Crippen LogP contribution in [-0.4, -0.2) is 35.3 Å². The Balaban J connectivity index is 1.89. The quantitative estimate of drug-likeness (QED) is 0.587. The average Bonchev–Trinajstić information content (AvgIpc) is 2.87. The van der Waals surface area contributed by atoms with E-state index >= 15 is 0 Å². The molecule has 4 N–H and O–H groups in total. The normalized spacial score (nSPS) is 24.2. The minimum Gasteiger partial charge on any atom is -0.390 e. The van der Waals surface area contributed by atoms with E-state index in [1.807, 2.05) is 13.0 Å². The number of alkyl halides is 2. The van der Waals surface area contributed by atoms with Crippen molar-refractivity contribution in [2.24, 2.45) is 16.6 Å². The van der Waals surface area contributed by atoms with E-state index in [0.29, 0.717) is 36.2 Å². The number of aliphatic hydroxyl groups excluding tert-OH is 1. The predicted molar refractivity (Wildman–Crippen MR) is 109 cm³/mol. The molecule has 0 spiro atoms. The lowest BCUT2D eigenvalue weighted by Gasteiger charge is -2.32. The molecular formula is C22H26F3N3O2. The van der Waals surface area contributed by atoms with Gasteiger partial charge in [-0.05, 0) is 50.8 Å². The van der Waals surface area contributed by atoms with Gasteiger partial charge in [0.2, 0.25) is 5.91 Å². The van der Waals surface area contributed by atoms with E-state index in [1.54, 1.807) is 12.2 Å². The Bertz CT molecular complexity index is 897. The molecule has 1 aliphatic heterocycles. The first-order valence-electron chi connectivity index (χ1n) is 9.99. The third kappa shape index (κ3) is 5.11. The minimum absolute atomic E-state index is 0.157. The number of hydrogen-bond acceptors (Lipinski definition) is 4. The van der Waals surface area contributed by atoms with Crippen molar-refractivity contribution in [1.29, 1.82) is 0 Å². The molecule has 162 valence electrons. The summed E-state index contributed by atoms with van der Waals surface area (Å²) in [6.07, 6.45) is 9.15. The number of halogens is 3. The van der Waals surface area contributed by atoms with E-state index in [-0.39, 0.29) is 24.2 Å². The Kier molecular flexibility index (Phi) is 6.65. The Hall–Kier alpha value is -2.61. The lowest BCUT2D eigenvalue weighted by molar-refractivity contribution is -0.114. The van der Waals surface area contributed by atoms with Crippen molar-refractivity contribution in [2.75, 3.05) is 6.61 Å². The van der Waals surface area contributed by atoms with Gasteiger partial charge in [0.25, 0.3) is 5.92 Å². The summed E-state index contributed by atoms with van der Waals surface area (Å²) in [6, 6.07) is -0.361. The average molecular weight is 421 g/mol. The lowest BCUT2D eigenvalue weighted by atomic mass is 9.87. The summed E-state index contributed by atoms with van der Waals surface area (Å²) in [7, 11) is 0. The van der Waals surface area contributed by atoms with Gasteiger partial charge in [0.15, 0.2) is 0 Å². The van der Waals surface area contributed by atoms with Crippen LogP contribution in [0.3, 0.4) is 0 Å². The summed E-state index contributed by atoms with van der Waals surface area (Å²) in [5.41, 5.74) is 8.72. The van der Waals surface area contributed by atoms with Crippen LogP contribution in [0.1, 0.15) is 39.0 Å². The molecule has 30 heavy (non-hydrogen) atoms. The van der Waals surface area contributed by atoms with Crippen molar-refractivity contribution < 1.29 is 23.1 Å². The van der Waals surface area contributed by atoms with Gasteiger partial charge >= 0.3 is 0 Å². The predicted octanol–water partition coefficient (Wildman–Crippen LogP) is 3.60. The standard InChI is InChI=1S/C22H26F3N3O2/c1-13-4-9-17-19(11-16(13)21(26)30)27-18(3-2-10-22(24,25)12-29)20(28-17)14-5-7-15(23)8-6-14/h5,7-9,11,14,18,27,29H,2-4,6,10,12H2,1H3,(H2,26,30). The summed E-state index contributed by atoms with van der Waals surface area (Å²) < 4.78 is 40.4. The second-order valence-corrected chi connectivity index (χ2v) is 7.84. The van der Waals surface area contributed by atoms with Gasteiger partial charge in [0, 0.05) is 23.6 Å². The van der Waals surface area contributed by atoms with Crippen LogP contribution in [0.4, 0.5) is 13.2 Å². The summed E-state index contributed by atoms with van der Waals surface area (Å²) >= 11 is 0. The van der Waals surface area contributed by atoms with Crippen LogP contribution in [0.5, 0.6) is 0 Å². The number of nitrogens with one attached hydrogen (secondary N) is 1. The molecule has 0 aromatic heterocycles. The zero-order chi connectivity index (χ0) is 21.9. The van der Waals surface area contributed by atoms with Gasteiger partial charge in [0.05, 0.1) is 17.4 Å². The number of aliphatic hydroxyl groups is 1. The molecule has 0 saturated heterocycles. The number of nitrogens with two attached hydrogens (primary N) is 1. The van der Waals surface area contributed by atoms with Crippen molar-refractivity contribution in [3.05, 3.63) is 58.7 Å². The number of carbonyl (C=O) groups is 1. The summed E-state index contributed by atoms with van der Waals surface area (Å²) in [5.74, 6) is -4.14. The summed E-state index contributed by atoms with van der Waals surface area (Å²) in [5, 5.41) is 12.1. The van der Waals surface area contributed by atoms with Crippen LogP contribution in [0.15, 0.2) is 63.7 Å². The van der Waals surface area contributed by atoms with Crippen LogP contribution in [0.25, 0.3) is 0 Å². The van der Waals surface area contributed by atoms with Gasteiger partial charge < -0.3 is 16.2 Å². The summed E-state index contributed by atoms with van der Waals surface area (Å²) in [4.78, 5) is 16.6. The number of aliphatic imine (C=N–C) groups is 1. The van der Waals surface area contributed by atoms with E-state index < -0.39 is 24.9 Å². The highest BCUT2D eigenvalue weighted by Gasteiger charge is 2.32. The zero-order valence-corrected chi connectivity index (χ0v) is 16.8. The van der Waals surface area contributed by atoms with Crippen LogP contribution in [0, 0.1) is 5.92 Å². The maximum absolute atomic E-state index is 13.5. The fourth-order valence-electron chi connectivity index (χ4n) is 3.81. The molecule has 2 aliphatic carbocycles. The van der Waals surface area contributed by atoms with Crippen LogP contribution < -0.4 is 11.1 Å².